The summed E-state index contributed by atoms with van der Waals surface area (Å²) in [5.74, 6) is 0.513. The van der Waals surface area contributed by atoms with E-state index >= 15 is 0 Å². The molecule has 2 atom stereocenters. The van der Waals surface area contributed by atoms with Gasteiger partial charge in [-0.15, -0.1) is 11.6 Å². The molecular formula is C26H48ClN. The summed E-state index contributed by atoms with van der Waals surface area (Å²) in [6.07, 6.45) is 21.1. The van der Waals surface area contributed by atoms with Crippen molar-refractivity contribution in [2.24, 2.45) is 5.92 Å². The fraction of sp³-hybridized carbons (Fsp3) is 0.769. The Hall–Kier alpha value is -0.530. The van der Waals surface area contributed by atoms with Crippen molar-refractivity contribution >= 4 is 11.6 Å². The third-order valence-electron chi connectivity index (χ3n) is 6.25. The predicted octanol–water partition coefficient (Wildman–Crippen LogP) is 9.81. The highest BCUT2D eigenvalue weighted by Gasteiger charge is 2.29. The van der Waals surface area contributed by atoms with E-state index in [4.69, 9.17) is 11.6 Å². The Morgan fingerprint density at radius 3 is 1.54 bits per heavy atom. The first-order valence-electron chi connectivity index (χ1n) is 11.8. The molecule has 0 amide bonds. The van der Waals surface area contributed by atoms with Gasteiger partial charge in [0.05, 0.1) is 4.87 Å². The second kappa shape index (κ2) is 17.3. The van der Waals surface area contributed by atoms with E-state index in [-0.39, 0.29) is 11.0 Å². The van der Waals surface area contributed by atoms with Crippen LogP contribution in [0.3, 0.4) is 0 Å². The molecule has 0 radical (unpaired) electrons. The first kappa shape index (κ1) is 27.5. The lowest BCUT2D eigenvalue weighted by molar-refractivity contribution is 0.386. The van der Waals surface area contributed by atoms with Crippen molar-refractivity contribution in [1.29, 1.82) is 0 Å². The van der Waals surface area contributed by atoms with Gasteiger partial charge in [-0.05, 0) is 24.8 Å². The third kappa shape index (κ3) is 12.1. The summed E-state index contributed by atoms with van der Waals surface area (Å²) >= 11 is 6.87. The summed E-state index contributed by atoms with van der Waals surface area (Å²) in [4.78, 5) is -0.238. The van der Waals surface area contributed by atoms with Crippen LogP contribution in [0.25, 0.3) is 0 Å². The van der Waals surface area contributed by atoms with Gasteiger partial charge in [0.1, 0.15) is 0 Å². The summed E-state index contributed by atoms with van der Waals surface area (Å²) in [6.45, 7) is 6.78. The molecule has 1 nitrogen and oxygen atoms in total. The first-order chi connectivity index (χ1) is 13.1. The summed E-state index contributed by atoms with van der Waals surface area (Å²) in [6, 6.07) is 10.6. The van der Waals surface area contributed by atoms with Gasteiger partial charge in [0, 0.05) is 0 Å². The molecule has 0 aliphatic rings. The van der Waals surface area contributed by atoms with Crippen molar-refractivity contribution in [1.82, 2.24) is 6.15 Å². The van der Waals surface area contributed by atoms with Gasteiger partial charge in [0.25, 0.3) is 0 Å². The average Bonchev–Trinajstić information content (AvgIpc) is 2.68. The van der Waals surface area contributed by atoms with Crippen molar-refractivity contribution in [3.63, 3.8) is 0 Å². The lowest BCUT2D eigenvalue weighted by Gasteiger charge is -2.30. The van der Waals surface area contributed by atoms with Gasteiger partial charge >= 0.3 is 0 Å². The number of alkyl halides is 1. The van der Waals surface area contributed by atoms with Gasteiger partial charge in [-0.25, -0.2) is 0 Å². The molecular weight excluding hydrogens is 362 g/mol. The molecule has 0 fully saturated rings. The van der Waals surface area contributed by atoms with Crippen LogP contribution in [0.2, 0.25) is 0 Å². The van der Waals surface area contributed by atoms with Crippen LogP contribution in [0.15, 0.2) is 30.3 Å². The first-order valence-corrected chi connectivity index (χ1v) is 12.2. The number of unbranched alkanes of at least 4 members (excludes halogenated alkanes) is 13. The number of benzene rings is 1. The van der Waals surface area contributed by atoms with E-state index < -0.39 is 0 Å². The Morgan fingerprint density at radius 2 is 1.11 bits per heavy atom. The molecule has 164 valence electrons. The normalized spacial score (nSPS) is 14.3. The molecule has 2 heteroatoms. The molecule has 0 aliphatic heterocycles. The average molecular weight is 410 g/mol. The van der Waals surface area contributed by atoms with E-state index in [0.717, 1.165) is 0 Å². The monoisotopic (exact) mass is 409 g/mol. The summed E-state index contributed by atoms with van der Waals surface area (Å²) in [5.41, 5.74) is 1.25. The fourth-order valence-corrected chi connectivity index (χ4v) is 4.20. The highest BCUT2D eigenvalue weighted by molar-refractivity contribution is 6.23. The molecule has 3 N–H and O–H groups in total. The van der Waals surface area contributed by atoms with Crippen LogP contribution in [-0.4, -0.2) is 0 Å². The largest absolute Gasteiger partial charge is 0.344 e. The second-order valence-electron chi connectivity index (χ2n) is 8.73. The molecule has 0 aromatic heterocycles. The Bertz CT molecular complexity index is 443. The maximum absolute atomic E-state index is 6.87. The Kier molecular flexibility index (Phi) is 17.0. The zero-order valence-corrected chi connectivity index (χ0v) is 19.9. The third-order valence-corrected chi connectivity index (χ3v) is 6.85. The number of hydrogen-bond donors (Lipinski definition) is 1. The predicted molar refractivity (Wildman–Crippen MR) is 129 cm³/mol. The van der Waals surface area contributed by atoms with Crippen LogP contribution >= 0.6 is 11.6 Å². The standard InChI is InChI=1S/C26H45Cl.H3N/c1-4-5-6-7-8-9-10-11-12-13-14-15-16-18-21-24(2)26(3,27)25-22-19-17-20-23-25;/h17,19-20,22-24H,4-16,18,21H2,1-3H3;1H3. The zero-order valence-electron chi connectivity index (χ0n) is 19.2. The zero-order chi connectivity index (χ0) is 19.8. The number of halogens is 1. The molecule has 1 aromatic rings. The van der Waals surface area contributed by atoms with E-state index in [1.54, 1.807) is 0 Å². The highest BCUT2D eigenvalue weighted by atomic mass is 35.5. The molecule has 0 saturated heterocycles. The summed E-state index contributed by atoms with van der Waals surface area (Å²) in [7, 11) is 0. The molecule has 2 unspecified atom stereocenters. The van der Waals surface area contributed by atoms with Gasteiger partial charge in [0.2, 0.25) is 0 Å². The van der Waals surface area contributed by atoms with E-state index in [0.29, 0.717) is 5.92 Å². The van der Waals surface area contributed by atoms with Crippen molar-refractivity contribution in [3.8, 4) is 0 Å². The summed E-state index contributed by atoms with van der Waals surface area (Å²) < 4.78 is 0. The lowest BCUT2D eigenvalue weighted by atomic mass is 9.84. The SMILES string of the molecule is CCCCCCCCCCCCCCCCC(C)C(C)(Cl)c1ccccc1.N. The maximum atomic E-state index is 6.87. The molecule has 1 rings (SSSR count). The van der Waals surface area contributed by atoms with Crippen LogP contribution in [0.4, 0.5) is 0 Å². The van der Waals surface area contributed by atoms with Gasteiger partial charge in [-0.2, -0.15) is 0 Å². The Balaban J connectivity index is 0.00000729. The highest BCUT2D eigenvalue weighted by Crippen LogP contribution is 2.38. The molecule has 28 heavy (non-hydrogen) atoms. The molecule has 0 saturated carbocycles. The van der Waals surface area contributed by atoms with E-state index in [9.17, 15) is 0 Å². The van der Waals surface area contributed by atoms with Crippen LogP contribution in [0.5, 0.6) is 0 Å². The minimum absolute atomic E-state index is 0. The number of rotatable bonds is 17. The van der Waals surface area contributed by atoms with Crippen molar-refractivity contribution in [3.05, 3.63) is 35.9 Å². The van der Waals surface area contributed by atoms with Crippen molar-refractivity contribution < 1.29 is 0 Å². The fourth-order valence-electron chi connectivity index (χ4n) is 3.96. The van der Waals surface area contributed by atoms with Crippen molar-refractivity contribution in [2.45, 2.75) is 122 Å². The second-order valence-corrected chi connectivity index (χ2v) is 9.51. The van der Waals surface area contributed by atoms with E-state index in [1.807, 2.05) is 0 Å². The van der Waals surface area contributed by atoms with E-state index in [2.05, 4.69) is 51.1 Å². The van der Waals surface area contributed by atoms with Crippen LogP contribution in [0, 0.1) is 5.92 Å². The van der Waals surface area contributed by atoms with Crippen LogP contribution in [-0.2, 0) is 4.87 Å². The number of hydrogen-bond acceptors (Lipinski definition) is 1. The Morgan fingerprint density at radius 1 is 0.714 bits per heavy atom. The van der Waals surface area contributed by atoms with Crippen molar-refractivity contribution in [2.75, 3.05) is 0 Å². The lowest BCUT2D eigenvalue weighted by Crippen LogP contribution is -2.23. The topological polar surface area (TPSA) is 35.0 Å². The molecule has 0 heterocycles. The molecule has 0 aliphatic carbocycles. The molecule has 0 spiro atoms. The molecule has 1 aromatic carbocycles. The van der Waals surface area contributed by atoms with Crippen LogP contribution < -0.4 is 6.15 Å². The minimum atomic E-state index is -0.238. The maximum Gasteiger partial charge on any atom is 0.0692 e. The summed E-state index contributed by atoms with van der Waals surface area (Å²) in [5, 5.41) is 0. The Labute approximate surface area is 181 Å². The van der Waals surface area contributed by atoms with Gasteiger partial charge in [0.15, 0.2) is 0 Å². The van der Waals surface area contributed by atoms with Gasteiger partial charge in [-0.3, -0.25) is 0 Å². The van der Waals surface area contributed by atoms with E-state index in [1.165, 1.54) is 102 Å². The van der Waals surface area contributed by atoms with Gasteiger partial charge in [-0.1, -0.05) is 134 Å². The molecule has 0 bridgehead atoms. The quantitative estimate of drug-likeness (QED) is 0.201. The smallest absolute Gasteiger partial charge is 0.0692 e. The van der Waals surface area contributed by atoms with Crippen LogP contribution in [0.1, 0.15) is 123 Å². The van der Waals surface area contributed by atoms with Gasteiger partial charge < -0.3 is 6.15 Å². The minimum Gasteiger partial charge on any atom is -0.344 e.